The lowest BCUT2D eigenvalue weighted by molar-refractivity contribution is -0.384. The zero-order valence-corrected chi connectivity index (χ0v) is 11.1. The normalized spacial score (nSPS) is 10.6. The fourth-order valence-electron chi connectivity index (χ4n) is 2.00. The monoisotopic (exact) mass is 298 g/mol. The van der Waals surface area contributed by atoms with E-state index in [2.05, 4.69) is 4.98 Å². The number of benzene rings is 2. The molecule has 0 saturated carbocycles. The Morgan fingerprint density at radius 1 is 1.23 bits per heavy atom. The van der Waals surface area contributed by atoms with Crippen molar-refractivity contribution in [1.82, 2.24) is 10.4 Å². The van der Waals surface area contributed by atoms with Crippen LogP contribution in [0.3, 0.4) is 0 Å². The minimum absolute atomic E-state index is 0.0647. The van der Waals surface area contributed by atoms with Gasteiger partial charge >= 0.3 is 0 Å². The summed E-state index contributed by atoms with van der Waals surface area (Å²) in [7, 11) is 0. The molecule has 0 spiro atoms. The number of nitrogens with two attached hydrogens (primary N) is 1. The second-order valence-electron chi connectivity index (χ2n) is 4.48. The molecule has 2 aromatic carbocycles. The first-order valence-electron chi connectivity index (χ1n) is 6.25. The summed E-state index contributed by atoms with van der Waals surface area (Å²) < 4.78 is 5.53. The number of oxazole rings is 1. The van der Waals surface area contributed by atoms with Gasteiger partial charge in [0.15, 0.2) is 5.58 Å². The first-order chi connectivity index (χ1) is 10.6. The topological polar surface area (TPSA) is 124 Å². The molecule has 3 rings (SSSR count). The Morgan fingerprint density at radius 3 is 2.59 bits per heavy atom. The number of nitrogen functional groups attached to an aromatic ring is 1. The Balaban J connectivity index is 1.99. The number of hydrazine groups is 1. The molecular formula is C14H10N4O4. The van der Waals surface area contributed by atoms with Crippen LogP contribution in [0.5, 0.6) is 0 Å². The highest BCUT2D eigenvalue weighted by molar-refractivity contribution is 5.94. The van der Waals surface area contributed by atoms with E-state index in [9.17, 15) is 14.9 Å². The zero-order valence-electron chi connectivity index (χ0n) is 11.1. The van der Waals surface area contributed by atoms with Crippen molar-refractivity contribution >= 4 is 22.7 Å². The quantitative estimate of drug-likeness (QED) is 0.330. The van der Waals surface area contributed by atoms with Crippen LogP contribution in [-0.4, -0.2) is 15.8 Å². The van der Waals surface area contributed by atoms with Crippen molar-refractivity contribution in [3.8, 4) is 11.5 Å². The molecule has 0 saturated heterocycles. The summed E-state index contributed by atoms with van der Waals surface area (Å²) in [5.74, 6) is 4.97. The number of hydrogen-bond donors (Lipinski definition) is 2. The first kappa shape index (κ1) is 13.7. The minimum Gasteiger partial charge on any atom is -0.436 e. The van der Waals surface area contributed by atoms with Gasteiger partial charge in [0.1, 0.15) is 5.52 Å². The summed E-state index contributed by atoms with van der Waals surface area (Å²) in [5.41, 5.74) is 3.86. The van der Waals surface area contributed by atoms with E-state index in [-0.39, 0.29) is 5.69 Å². The van der Waals surface area contributed by atoms with Crippen molar-refractivity contribution in [2.45, 2.75) is 0 Å². The van der Waals surface area contributed by atoms with Gasteiger partial charge in [0.05, 0.1) is 11.0 Å². The molecule has 0 bridgehead atoms. The van der Waals surface area contributed by atoms with Crippen molar-refractivity contribution in [2.75, 3.05) is 0 Å². The number of aromatic nitrogens is 1. The lowest BCUT2D eigenvalue weighted by Crippen LogP contribution is -2.29. The maximum Gasteiger partial charge on any atom is 0.273 e. The maximum absolute atomic E-state index is 11.4. The molecule has 0 unspecified atom stereocenters. The van der Waals surface area contributed by atoms with Crippen molar-refractivity contribution in [3.05, 3.63) is 58.1 Å². The molecule has 0 aliphatic carbocycles. The van der Waals surface area contributed by atoms with Crippen LogP contribution < -0.4 is 11.3 Å². The fraction of sp³-hybridized carbons (Fsp3) is 0. The van der Waals surface area contributed by atoms with Gasteiger partial charge in [-0.05, 0) is 30.3 Å². The third kappa shape index (κ3) is 2.38. The Kier molecular flexibility index (Phi) is 3.28. The number of carbonyl (C=O) groups excluding carboxylic acids is 1. The Labute approximate surface area is 123 Å². The molecule has 1 aromatic heterocycles. The number of nitrogens with zero attached hydrogens (tertiary/aromatic N) is 2. The van der Waals surface area contributed by atoms with Gasteiger partial charge in [-0.25, -0.2) is 10.8 Å². The molecule has 0 aliphatic heterocycles. The van der Waals surface area contributed by atoms with Gasteiger partial charge in [-0.15, -0.1) is 0 Å². The SMILES string of the molecule is NNC(=O)c1ccc(-c2nc3ccc([N+](=O)[O-])cc3o2)cc1. The number of nitro groups is 1. The second kappa shape index (κ2) is 5.26. The van der Waals surface area contributed by atoms with Crippen LogP contribution in [0.15, 0.2) is 46.9 Å². The lowest BCUT2D eigenvalue weighted by Gasteiger charge is -2.00. The summed E-state index contributed by atoms with van der Waals surface area (Å²) in [6.45, 7) is 0. The largest absolute Gasteiger partial charge is 0.436 e. The number of carbonyl (C=O) groups is 1. The van der Waals surface area contributed by atoms with E-state index in [4.69, 9.17) is 10.3 Å². The Hall–Kier alpha value is -3.26. The van der Waals surface area contributed by atoms with Gasteiger partial charge in [-0.2, -0.15) is 0 Å². The number of non-ortho nitro benzene ring substituents is 1. The molecule has 0 atom stereocenters. The summed E-state index contributed by atoms with van der Waals surface area (Å²) in [5, 5.41) is 10.7. The van der Waals surface area contributed by atoms with Crippen LogP contribution in [-0.2, 0) is 0 Å². The molecule has 110 valence electrons. The number of hydrogen-bond acceptors (Lipinski definition) is 6. The molecule has 0 fully saturated rings. The van der Waals surface area contributed by atoms with Gasteiger partial charge in [-0.3, -0.25) is 20.3 Å². The first-order valence-corrected chi connectivity index (χ1v) is 6.25. The average molecular weight is 298 g/mol. The molecule has 3 aromatic rings. The third-order valence-corrected chi connectivity index (χ3v) is 3.11. The van der Waals surface area contributed by atoms with Crippen LogP contribution in [0.4, 0.5) is 5.69 Å². The summed E-state index contributed by atoms with van der Waals surface area (Å²) in [4.78, 5) is 25.9. The number of nitro benzene ring substituents is 1. The third-order valence-electron chi connectivity index (χ3n) is 3.11. The molecule has 0 aliphatic rings. The number of amides is 1. The highest BCUT2D eigenvalue weighted by atomic mass is 16.6. The van der Waals surface area contributed by atoms with Crippen molar-refractivity contribution in [1.29, 1.82) is 0 Å². The van der Waals surface area contributed by atoms with Gasteiger partial charge in [0.25, 0.3) is 11.6 Å². The predicted molar refractivity (Wildman–Crippen MR) is 77.8 cm³/mol. The van der Waals surface area contributed by atoms with Crippen LogP contribution in [0.25, 0.3) is 22.6 Å². The van der Waals surface area contributed by atoms with Crippen LogP contribution in [0, 0.1) is 10.1 Å². The van der Waals surface area contributed by atoms with E-state index in [0.717, 1.165) is 0 Å². The van der Waals surface area contributed by atoms with Crippen LogP contribution in [0.2, 0.25) is 0 Å². The standard InChI is InChI=1S/C14H10N4O4/c15-17-13(19)8-1-3-9(4-2-8)14-16-11-6-5-10(18(20)21)7-12(11)22-14/h1-7H,15H2,(H,17,19). The minimum atomic E-state index is -0.498. The van der Waals surface area contributed by atoms with Crippen molar-refractivity contribution in [2.24, 2.45) is 5.84 Å². The summed E-state index contributed by atoms with van der Waals surface area (Å²) in [6, 6.07) is 10.7. The highest BCUT2D eigenvalue weighted by Gasteiger charge is 2.13. The molecular weight excluding hydrogens is 288 g/mol. The van der Waals surface area contributed by atoms with Gasteiger partial charge in [0, 0.05) is 17.2 Å². The molecule has 8 heteroatoms. The second-order valence-corrected chi connectivity index (χ2v) is 4.48. The van der Waals surface area contributed by atoms with E-state index in [0.29, 0.717) is 28.1 Å². The van der Waals surface area contributed by atoms with E-state index in [1.807, 2.05) is 5.43 Å². The summed E-state index contributed by atoms with van der Waals surface area (Å²) >= 11 is 0. The van der Waals surface area contributed by atoms with E-state index in [1.54, 1.807) is 24.3 Å². The molecule has 0 radical (unpaired) electrons. The molecule has 3 N–H and O–H groups in total. The lowest BCUT2D eigenvalue weighted by atomic mass is 10.1. The van der Waals surface area contributed by atoms with Gasteiger partial charge < -0.3 is 4.42 Å². The number of nitrogens with one attached hydrogen (secondary N) is 1. The van der Waals surface area contributed by atoms with E-state index >= 15 is 0 Å². The highest BCUT2D eigenvalue weighted by Crippen LogP contribution is 2.27. The van der Waals surface area contributed by atoms with Crippen LogP contribution in [0.1, 0.15) is 10.4 Å². The van der Waals surface area contributed by atoms with Crippen LogP contribution >= 0.6 is 0 Å². The predicted octanol–water partition coefficient (Wildman–Crippen LogP) is 2.01. The molecule has 1 heterocycles. The van der Waals surface area contributed by atoms with Crippen molar-refractivity contribution in [3.63, 3.8) is 0 Å². The average Bonchev–Trinajstić information content (AvgIpc) is 2.97. The zero-order chi connectivity index (χ0) is 15.7. The Morgan fingerprint density at radius 2 is 1.95 bits per heavy atom. The summed E-state index contributed by atoms with van der Waals surface area (Å²) in [6.07, 6.45) is 0. The van der Waals surface area contributed by atoms with Crippen molar-refractivity contribution < 1.29 is 14.1 Å². The Bertz CT molecular complexity index is 870. The molecule has 1 amide bonds. The van der Waals surface area contributed by atoms with Gasteiger partial charge in [0.2, 0.25) is 5.89 Å². The van der Waals surface area contributed by atoms with Gasteiger partial charge in [-0.1, -0.05) is 0 Å². The van der Waals surface area contributed by atoms with E-state index < -0.39 is 10.8 Å². The number of rotatable bonds is 3. The molecule has 22 heavy (non-hydrogen) atoms. The maximum atomic E-state index is 11.4. The molecule has 8 nitrogen and oxygen atoms in total. The fourth-order valence-corrected chi connectivity index (χ4v) is 2.00. The number of fused-ring (bicyclic) bond motifs is 1. The smallest absolute Gasteiger partial charge is 0.273 e. The van der Waals surface area contributed by atoms with E-state index in [1.165, 1.54) is 18.2 Å².